The van der Waals surface area contributed by atoms with E-state index < -0.39 is 21.7 Å². The summed E-state index contributed by atoms with van der Waals surface area (Å²) in [5.74, 6) is 2.59. The van der Waals surface area contributed by atoms with E-state index in [0.717, 1.165) is 22.3 Å². The third kappa shape index (κ3) is 6.48. The van der Waals surface area contributed by atoms with Crippen LogP contribution in [0.25, 0.3) is 0 Å². The van der Waals surface area contributed by atoms with Crippen molar-refractivity contribution in [1.82, 2.24) is 0 Å². The van der Waals surface area contributed by atoms with Gasteiger partial charge in [0.1, 0.15) is 0 Å². The summed E-state index contributed by atoms with van der Waals surface area (Å²) in [5, 5.41) is 0. The van der Waals surface area contributed by atoms with E-state index in [1.807, 2.05) is 125 Å². The SMILES string of the molecule is Cc1ccc([O][Hf]([O]c2ccc(C)cc2)([O]c2ccc(C)cc2)[O]c2ccc(C)cc2)cc1. The minimum absolute atomic E-state index is 0.647. The van der Waals surface area contributed by atoms with Crippen LogP contribution >= 0.6 is 0 Å². The van der Waals surface area contributed by atoms with Crippen LogP contribution < -0.4 is 11.4 Å². The van der Waals surface area contributed by atoms with E-state index in [2.05, 4.69) is 0 Å². The summed E-state index contributed by atoms with van der Waals surface area (Å²) in [7, 11) is 0. The van der Waals surface area contributed by atoms with Gasteiger partial charge in [-0.3, -0.25) is 0 Å². The van der Waals surface area contributed by atoms with Gasteiger partial charge in [-0.2, -0.15) is 0 Å². The van der Waals surface area contributed by atoms with Gasteiger partial charge < -0.3 is 0 Å². The molecule has 0 atom stereocenters. The zero-order valence-electron chi connectivity index (χ0n) is 19.4. The van der Waals surface area contributed by atoms with Gasteiger partial charge in [-0.15, -0.1) is 0 Å². The van der Waals surface area contributed by atoms with Gasteiger partial charge in [0.15, 0.2) is 0 Å². The quantitative estimate of drug-likeness (QED) is 0.197. The molecule has 0 aliphatic rings. The van der Waals surface area contributed by atoms with Crippen LogP contribution in [0.5, 0.6) is 23.0 Å². The molecule has 33 heavy (non-hydrogen) atoms. The first-order valence-electron chi connectivity index (χ1n) is 10.9. The first kappa shape index (κ1) is 23.1. The molecule has 4 aromatic carbocycles. The molecular weight excluding hydrogens is 579 g/mol. The van der Waals surface area contributed by atoms with Crippen LogP contribution in [0.15, 0.2) is 97.1 Å². The second-order valence-corrected chi connectivity index (χ2v) is 14.7. The third-order valence-electron chi connectivity index (χ3n) is 5.06. The minimum atomic E-state index is -4.98. The molecule has 0 heterocycles. The topological polar surface area (TPSA) is 36.9 Å². The summed E-state index contributed by atoms with van der Waals surface area (Å²) >= 11 is -4.98. The molecule has 0 bridgehead atoms. The predicted molar refractivity (Wildman–Crippen MR) is 127 cm³/mol. The molecule has 0 aliphatic carbocycles. The summed E-state index contributed by atoms with van der Waals surface area (Å²) in [5.41, 5.74) is 4.57. The van der Waals surface area contributed by atoms with Crippen molar-refractivity contribution in [2.24, 2.45) is 0 Å². The Balaban J connectivity index is 1.77. The molecule has 0 amide bonds. The summed E-state index contributed by atoms with van der Waals surface area (Å²) in [4.78, 5) is 0. The van der Waals surface area contributed by atoms with E-state index in [1.54, 1.807) is 0 Å². The molecular formula is C28H28HfO4. The molecule has 0 aliphatic heterocycles. The number of aryl methyl sites for hydroxylation is 4. The third-order valence-corrected chi connectivity index (χ3v) is 12.0. The molecule has 0 saturated heterocycles. The fourth-order valence-corrected chi connectivity index (χ4v) is 10.1. The second kappa shape index (κ2) is 10.3. The van der Waals surface area contributed by atoms with Gasteiger partial charge in [0.25, 0.3) is 0 Å². The van der Waals surface area contributed by atoms with Crippen molar-refractivity contribution in [1.29, 1.82) is 0 Å². The standard InChI is InChI=1S/4C7H8O.Hf/c4*1-6-2-4-7(8)5-3-6;/h4*2-5,8H,1H3;/q;;;;+4/p-4. The molecule has 0 spiro atoms. The number of benzene rings is 4. The van der Waals surface area contributed by atoms with Crippen molar-refractivity contribution in [2.75, 3.05) is 0 Å². The fraction of sp³-hybridized carbons (Fsp3) is 0.143. The molecule has 5 heteroatoms. The van der Waals surface area contributed by atoms with E-state index in [1.165, 1.54) is 0 Å². The van der Waals surface area contributed by atoms with Crippen LogP contribution in [0.2, 0.25) is 0 Å². The summed E-state index contributed by atoms with van der Waals surface area (Å²) in [6.07, 6.45) is 0. The van der Waals surface area contributed by atoms with Gasteiger partial charge in [0, 0.05) is 0 Å². The van der Waals surface area contributed by atoms with Crippen LogP contribution in [-0.2, 0) is 21.7 Å². The van der Waals surface area contributed by atoms with E-state index >= 15 is 0 Å². The van der Waals surface area contributed by atoms with Gasteiger partial charge in [-0.25, -0.2) is 0 Å². The second-order valence-electron chi connectivity index (χ2n) is 8.16. The summed E-state index contributed by atoms with van der Waals surface area (Å²) in [6, 6.07) is 31.3. The maximum atomic E-state index is 6.52. The van der Waals surface area contributed by atoms with Gasteiger partial charge in [0.05, 0.1) is 0 Å². The monoisotopic (exact) mass is 608 g/mol. The maximum absolute atomic E-state index is 6.52. The van der Waals surface area contributed by atoms with E-state index in [0.29, 0.717) is 23.0 Å². The zero-order chi connectivity index (χ0) is 23.3. The van der Waals surface area contributed by atoms with Gasteiger partial charge in [-0.1, -0.05) is 0 Å². The summed E-state index contributed by atoms with van der Waals surface area (Å²) in [6.45, 7) is 8.15. The fourth-order valence-electron chi connectivity index (χ4n) is 3.13. The Hall–Kier alpha value is -3.05. The Kier molecular flexibility index (Phi) is 7.19. The average Bonchev–Trinajstić information content (AvgIpc) is 2.80. The Morgan fingerprint density at radius 1 is 0.333 bits per heavy atom. The zero-order valence-corrected chi connectivity index (χ0v) is 23.0. The number of hydrogen-bond acceptors (Lipinski definition) is 4. The Morgan fingerprint density at radius 3 is 0.697 bits per heavy atom. The summed E-state index contributed by atoms with van der Waals surface area (Å²) < 4.78 is 26.1. The molecule has 0 fully saturated rings. The average molecular weight is 607 g/mol. The molecule has 4 nitrogen and oxygen atoms in total. The van der Waals surface area contributed by atoms with Crippen molar-refractivity contribution in [3.05, 3.63) is 119 Å². The molecule has 0 aromatic heterocycles. The van der Waals surface area contributed by atoms with E-state index in [9.17, 15) is 0 Å². The number of rotatable bonds is 8. The first-order chi connectivity index (χ1) is 15.9. The van der Waals surface area contributed by atoms with Crippen molar-refractivity contribution in [3.8, 4) is 23.0 Å². The van der Waals surface area contributed by atoms with Crippen LogP contribution in [0.4, 0.5) is 0 Å². The van der Waals surface area contributed by atoms with E-state index in [4.69, 9.17) is 11.4 Å². The van der Waals surface area contributed by atoms with Crippen molar-refractivity contribution in [3.63, 3.8) is 0 Å². The Morgan fingerprint density at radius 2 is 0.515 bits per heavy atom. The molecule has 0 unspecified atom stereocenters. The van der Waals surface area contributed by atoms with Crippen LogP contribution in [0.3, 0.4) is 0 Å². The first-order valence-corrected chi connectivity index (χ1v) is 16.8. The van der Waals surface area contributed by atoms with Crippen molar-refractivity contribution in [2.45, 2.75) is 27.7 Å². The normalized spacial score (nSPS) is 11.0. The predicted octanol–water partition coefficient (Wildman–Crippen LogP) is 7.35. The molecule has 4 aromatic rings. The Bertz CT molecular complexity index is 973. The van der Waals surface area contributed by atoms with Crippen LogP contribution in [0.1, 0.15) is 22.3 Å². The molecule has 0 N–H and O–H groups in total. The van der Waals surface area contributed by atoms with Gasteiger partial charge >= 0.3 is 203 Å². The van der Waals surface area contributed by atoms with Crippen molar-refractivity contribution < 1.29 is 33.1 Å². The molecule has 0 saturated carbocycles. The number of hydrogen-bond donors (Lipinski definition) is 0. The molecule has 4 rings (SSSR count). The van der Waals surface area contributed by atoms with Crippen molar-refractivity contribution >= 4 is 0 Å². The van der Waals surface area contributed by atoms with Crippen LogP contribution in [0, 0.1) is 27.7 Å². The molecule has 0 radical (unpaired) electrons. The van der Waals surface area contributed by atoms with Gasteiger partial charge in [-0.05, 0) is 0 Å². The van der Waals surface area contributed by atoms with Crippen LogP contribution in [-0.4, -0.2) is 0 Å². The Labute approximate surface area is 202 Å². The molecule has 168 valence electrons. The van der Waals surface area contributed by atoms with E-state index in [-0.39, 0.29) is 0 Å². The van der Waals surface area contributed by atoms with Gasteiger partial charge in [0.2, 0.25) is 0 Å².